The molecule has 1 fully saturated rings. The van der Waals surface area contributed by atoms with Crippen molar-refractivity contribution in [2.24, 2.45) is 0 Å². The number of amides is 2. The fourth-order valence-corrected chi connectivity index (χ4v) is 1.99. The number of nitrogens with one attached hydrogen (secondary N) is 1. The van der Waals surface area contributed by atoms with Gasteiger partial charge in [0.2, 0.25) is 0 Å². The maximum atomic E-state index is 11.8. The number of ether oxygens (including phenoxy) is 1. The van der Waals surface area contributed by atoms with Crippen LogP contribution in [0.3, 0.4) is 0 Å². The second-order valence-corrected chi connectivity index (χ2v) is 5.25. The molecule has 1 aliphatic rings. The van der Waals surface area contributed by atoms with Crippen molar-refractivity contribution >= 4 is 6.03 Å². The largest absolute Gasteiger partial charge is 0.491 e. The molecule has 1 heterocycles. The lowest BCUT2D eigenvalue weighted by Gasteiger charge is -2.32. The predicted octanol–water partition coefficient (Wildman–Crippen LogP) is 2.95. The van der Waals surface area contributed by atoms with Crippen molar-refractivity contribution in [3.05, 3.63) is 29.8 Å². The smallest absolute Gasteiger partial charge is 0.317 e. The van der Waals surface area contributed by atoms with Crippen LogP contribution < -0.4 is 10.1 Å². The van der Waals surface area contributed by atoms with Gasteiger partial charge in [0.15, 0.2) is 0 Å². The van der Waals surface area contributed by atoms with Gasteiger partial charge in [0.1, 0.15) is 5.75 Å². The molecule has 2 rings (SSSR count). The summed E-state index contributed by atoms with van der Waals surface area (Å²) in [7, 11) is 0. The van der Waals surface area contributed by atoms with Gasteiger partial charge in [0.25, 0.3) is 0 Å². The van der Waals surface area contributed by atoms with Crippen LogP contribution in [0.15, 0.2) is 24.3 Å². The summed E-state index contributed by atoms with van der Waals surface area (Å²) in [4.78, 5) is 13.6. The van der Waals surface area contributed by atoms with E-state index in [4.69, 9.17) is 4.74 Å². The molecule has 4 nitrogen and oxygen atoms in total. The highest BCUT2D eigenvalue weighted by molar-refractivity contribution is 5.75. The Labute approximate surface area is 114 Å². The highest BCUT2D eigenvalue weighted by atomic mass is 16.5. The normalized spacial score (nSPS) is 15.9. The molecule has 1 atom stereocenters. The van der Waals surface area contributed by atoms with E-state index in [0.717, 1.165) is 30.8 Å². The summed E-state index contributed by atoms with van der Waals surface area (Å²) in [5.41, 5.74) is 1.09. The highest BCUT2D eigenvalue weighted by Crippen LogP contribution is 2.19. The molecule has 4 heteroatoms. The zero-order chi connectivity index (χ0) is 13.8. The van der Waals surface area contributed by atoms with Crippen LogP contribution in [0.5, 0.6) is 5.75 Å². The third-order valence-electron chi connectivity index (χ3n) is 3.24. The summed E-state index contributed by atoms with van der Waals surface area (Å²) in [6.45, 7) is 7.75. The molecule has 0 aromatic heterocycles. The zero-order valence-electron chi connectivity index (χ0n) is 11.8. The van der Waals surface area contributed by atoms with Gasteiger partial charge >= 0.3 is 6.03 Å². The second-order valence-electron chi connectivity index (χ2n) is 5.25. The van der Waals surface area contributed by atoms with Crippen molar-refractivity contribution < 1.29 is 9.53 Å². The molecule has 1 saturated heterocycles. The quantitative estimate of drug-likeness (QED) is 0.906. The number of hydrogen-bond donors (Lipinski definition) is 1. The maximum absolute atomic E-state index is 11.8. The van der Waals surface area contributed by atoms with Crippen LogP contribution in [0.1, 0.15) is 38.8 Å². The molecule has 2 amide bonds. The zero-order valence-corrected chi connectivity index (χ0v) is 11.8. The first-order chi connectivity index (χ1) is 9.06. The number of carbonyl (C=O) groups excluding carboxylic acids is 1. The van der Waals surface area contributed by atoms with Gasteiger partial charge in [-0.1, -0.05) is 12.1 Å². The third kappa shape index (κ3) is 3.63. The minimum absolute atomic E-state index is 0.0150. The molecular weight excluding hydrogens is 240 g/mol. The minimum Gasteiger partial charge on any atom is -0.491 e. The van der Waals surface area contributed by atoms with E-state index >= 15 is 0 Å². The topological polar surface area (TPSA) is 41.6 Å². The van der Waals surface area contributed by atoms with Crippen molar-refractivity contribution in [3.63, 3.8) is 0 Å². The van der Waals surface area contributed by atoms with Gasteiger partial charge in [-0.05, 0) is 44.9 Å². The van der Waals surface area contributed by atoms with Crippen LogP contribution in [0.4, 0.5) is 4.79 Å². The number of urea groups is 1. The van der Waals surface area contributed by atoms with Crippen LogP contribution in [-0.4, -0.2) is 30.1 Å². The molecule has 1 aliphatic heterocycles. The van der Waals surface area contributed by atoms with Gasteiger partial charge in [0, 0.05) is 13.1 Å². The average Bonchev–Trinajstić information content (AvgIpc) is 2.26. The first-order valence-electron chi connectivity index (χ1n) is 6.88. The number of carbonyl (C=O) groups is 1. The van der Waals surface area contributed by atoms with Crippen molar-refractivity contribution in [1.29, 1.82) is 0 Å². The van der Waals surface area contributed by atoms with E-state index in [1.54, 1.807) is 0 Å². The molecule has 1 aromatic rings. The summed E-state index contributed by atoms with van der Waals surface area (Å²) in [5, 5.41) is 3.00. The van der Waals surface area contributed by atoms with Gasteiger partial charge in [0.05, 0.1) is 12.1 Å². The van der Waals surface area contributed by atoms with Gasteiger partial charge in [-0.25, -0.2) is 4.79 Å². The van der Waals surface area contributed by atoms with Crippen LogP contribution >= 0.6 is 0 Å². The van der Waals surface area contributed by atoms with Crippen LogP contribution in [0.25, 0.3) is 0 Å². The number of rotatable bonds is 4. The first-order valence-corrected chi connectivity index (χ1v) is 6.88. The first kappa shape index (κ1) is 13.7. The standard InChI is InChI=1S/C15H22N2O2/c1-11(2)19-14-7-5-13(6-8-14)12(3)16-15(18)17-9-4-10-17/h5-8,11-12H,4,9-10H2,1-3H3,(H,16,18). The Hall–Kier alpha value is -1.71. The van der Waals surface area contributed by atoms with Crippen molar-refractivity contribution in [3.8, 4) is 5.75 Å². The molecule has 1 unspecified atom stereocenters. The van der Waals surface area contributed by atoms with Gasteiger partial charge in [-0.3, -0.25) is 0 Å². The van der Waals surface area contributed by atoms with E-state index in [9.17, 15) is 4.79 Å². The Morgan fingerprint density at radius 1 is 1.21 bits per heavy atom. The monoisotopic (exact) mass is 262 g/mol. The molecule has 104 valence electrons. The maximum Gasteiger partial charge on any atom is 0.317 e. The van der Waals surface area contributed by atoms with Gasteiger partial charge < -0.3 is 15.0 Å². The highest BCUT2D eigenvalue weighted by Gasteiger charge is 2.21. The summed E-state index contributed by atoms with van der Waals surface area (Å²) < 4.78 is 5.60. The van der Waals surface area contributed by atoms with Gasteiger partial charge in [-0.15, -0.1) is 0 Å². The van der Waals surface area contributed by atoms with E-state index < -0.39 is 0 Å². The SMILES string of the molecule is CC(C)Oc1ccc(C(C)NC(=O)N2CCC2)cc1. The van der Waals surface area contributed by atoms with Crippen LogP contribution in [0.2, 0.25) is 0 Å². The lowest BCUT2D eigenvalue weighted by atomic mass is 10.1. The Balaban J connectivity index is 1.91. The Bertz CT molecular complexity index is 424. The lowest BCUT2D eigenvalue weighted by molar-refractivity contribution is 0.164. The van der Waals surface area contributed by atoms with Crippen LogP contribution in [-0.2, 0) is 0 Å². The number of likely N-dealkylation sites (tertiary alicyclic amines) is 1. The average molecular weight is 262 g/mol. The van der Waals surface area contributed by atoms with E-state index in [2.05, 4.69) is 5.32 Å². The molecular formula is C15H22N2O2. The molecule has 0 bridgehead atoms. The Morgan fingerprint density at radius 2 is 1.84 bits per heavy atom. The van der Waals surface area contributed by atoms with E-state index in [1.807, 2.05) is 49.9 Å². The summed E-state index contributed by atoms with van der Waals surface area (Å²) >= 11 is 0. The summed E-state index contributed by atoms with van der Waals surface area (Å²) in [6, 6.07) is 7.93. The molecule has 0 saturated carbocycles. The number of benzene rings is 1. The molecule has 0 aliphatic carbocycles. The Morgan fingerprint density at radius 3 is 2.32 bits per heavy atom. The second kappa shape index (κ2) is 5.95. The van der Waals surface area contributed by atoms with Crippen molar-refractivity contribution in [2.75, 3.05) is 13.1 Å². The fourth-order valence-electron chi connectivity index (χ4n) is 1.99. The lowest BCUT2D eigenvalue weighted by Crippen LogP contribution is -2.48. The van der Waals surface area contributed by atoms with Gasteiger partial charge in [-0.2, -0.15) is 0 Å². The Kier molecular flexibility index (Phi) is 4.30. The summed E-state index contributed by atoms with van der Waals surface area (Å²) in [6.07, 6.45) is 1.29. The molecule has 19 heavy (non-hydrogen) atoms. The van der Waals surface area contributed by atoms with E-state index in [0.29, 0.717) is 0 Å². The van der Waals surface area contributed by atoms with Crippen molar-refractivity contribution in [1.82, 2.24) is 10.2 Å². The molecule has 0 radical (unpaired) electrons. The molecule has 1 aromatic carbocycles. The number of nitrogens with zero attached hydrogens (tertiary/aromatic N) is 1. The van der Waals surface area contributed by atoms with Crippen LogP contribution in [0, 0.1) is 0 Å². The molecule has 1 N–H and O–H groups in total. The minimum atomic E-state index is 0.0150. The number of hydrogen-bond acceptors (Lipinski definition) is 2. The fraction of sp³-hybridized carbons (Fsp3) is 0.533. The summed E-state index contributed by atoms with van der Waals surface area (Å²) in [5.74, 6) is 0.861. The van der Waals surface area contributed by atoms with E-state index in [-0.39, 0.29) is 18.2 Å². The van der Waals surface area contributed by atoms with Crippen molar-refractivity contribution in [2.45, 2.75) is 39.3 Å². The predicted molar refractivity (Wildman–Crippen MR) is 75.3 cm³/mol. The third-order valence-corrected chi connectivity index (χ3v) is 3.24. The molecule has 0 spiro atoms. The van der Waals surface area contributed by atoms with E-state index in [1.165, 1.54) is 0 Å².